The van der Waals surface area contributed by atoms with Gasteiger partial charge in [-0.05, 0) is 68.3 Å². The predicted octanol–water partition coefficient (Wildman–Crippen LogP) is 2.46. The van der Waals surface area contributed by atoms with E-state index >= 15 is 0 Å². The minimum atomic E-state index is 0.344. The van der Waals surface area contributed by atoms with Gasteiger partial charge >= 0.3 is 0 Å². The summed E-state index contributed by atoms with van der Waals surface area (Å²) in [5, 5.41) is 16.8. The van der Waals surface area contributed by atoms with Crippen molar-refractivity contribution >= 4 is 5.69 Å². The maximum atomic E-state index is 9.32. The lowest BCUT2D eigenvalue weighted by Gasteiger charge is -2.33. The Morgan fingerprint density at radius 1 is 1.19 bits per heavy atom. The molecule has 2 heterocycles. The van der Waals surface area contributed by atoms with E-state index in [1.807, 2.05) is 0 Å². The van der Waals surface area contributed by atoms with Gasteiger partial charge in [0, 0.05) is 37.5 Å². The van der Waals surface area contributed by atoms with Crippen LogP contribution in [0.5, 0.6) is 0 Å². The molecule has 0 amide bonds. The Bertz CT molecular complexity index is 583. The highest BCUT2D eigenvalue weighted by atomic mass is 16.5. The monoisotopic (exact) mass is 373 g/mol. The molecule has 3 aliphatic rings. The van der Waals surface area contributed by atoms with Crippen molar-refractivity contribution in [1.29, 1.82) is 0 Å². The largest absolute Gasteiger partial charge is 0.396 e. The fraction of sp³-hybridized carbons (Fsp3) is 0.727. The summed E-state index contributed by atoms with van der Waals surface area (Å²) in [5.41, 5.74) is 2.64. The number of likely N-dealkylation sites (tertiary alicyclic amines) is 1. The van der Waals surface area contributed by atoms with E-state index in [1.165, 1.54) is 30.5 Å². The average Bonchev–Trinajstić information content (AvgIpc) is 3.18. The first-order valence-corrected chi connectivity index (χ1v) is 10.8. The maximum absolute atomic E-state index is 9.32. The molecule has 1 aromatic rings. The lowest BCUT2D eigenvalue weighted by molar-refractivity contribution is 0.0559. The quantitative estimate of drug-likeness (QED) is 0.715. The van der Waals surface area contributed by atoms with E-state index in [9.17, 15) is 5.11 Å². The number of hydrogen-bond donors (Lipinski definition) is 3. The third-order valence-corrected chi connectivity index (χ3v) is 6.69. The van der Waals surface area contributed by atoms with Crippen molar-refractivity contribution in [3.8, 4) is 0 Å². The molecule has 0 radical (unpaired) electrons. The summed E-state index contributed by atoms with van der Waals surface area (Å²) in [5.74, 6) is 1.16. The van der Waals surface area contributed by atoms with Crippen LogP contribution in [0.15, 0.2) is 24.3 Å². The minimum Gasteiger partial charge on any atom is -0.396 e. The second kappa shape index (κ2) is 9.37. The van der Waals surface area contributed by atoms with Crippen molar-refractivity contribution in [1.82, 2.24) is 10.2 Å². The number of rotatable bonds is 6. The summed E-state index contributed by atoms with van der Waals surface area (Å²) in [6.07, 6.45) is 6.09. The van der Waals surface area contributed by atoms with Crippen molar-refractivity contribution in [2.75, 3.05) is 44.8 Å². The van der Waals surface area contributed by atoms with Crippen LogP contribution >= 0.6 is 0 Å². The Morgan fingerprint density at radius 2 is 2.07 bits per heavy atom. The molecule has 2 saturated heterocycles. The molecule has 27 heavy (non-hydrogen) atoms. The molecule has 1 aromatic carbocycles. The number of nitrogens with one attached hydrogen (secondary N) is 2. The summed E-state index contributed by atoms with van der Waals surface area (Å²) >= 11 is 0. The van der Waals surface area contributed by atoms with Gasteiger partial charge in [-0.3, -0.25) is 4.90 Å². The zero-order chi connectivity index (χ0) is 18.5. The second-order valence-electron chi connectivity index (χ2n) is 8.58. The number of morpholine rings is 1. The van der Waals surface area contributed by atoms with Crippen LogP contribution < -0.4 is 10.6 Å². The van der Waals surface area contributed by atoms with Gasteiger partial charge in [0.25, 0.3) is 0 Å². The first-order valence-electron chi connectivity index (χ1n) is 10.8. The van der Waals surface area contributed by atoms with E-state index < -0.39 is 0 Å². The van der Waals surface area contributed by atoms with Gasteiger partial charge in [-0.25, -0.2) is 0 Å². The summed E-state index contributed by atoms with van der Waals surface area (Å²) < 4.78 is 5.70. The zero-order valence-corrected chi connectivity index (χ0v) is 16.4. The molecular weight excluding hydrogens is 338 g/mol. The molecule has 1 saturated carbocycles. The number of hydrogen-bond acceptors (Lipinski definition) is 5. The van der Waals surface area contributed by atoms with Crippen molar-refractivity contribution in [2.24, 2.45) is 11.8 Å². The van der Waals surface area contributed by atoms with Gasteiger partial charge in [0.2, 0.25) is 0 Å². The number of anilines is 1. The van der Waals surface area contributed by atoms with E-state index in [0.29, 0.717) is 30.5 Å². The van der Waals surface area contributed by atoms with E-state index in [2.05, 4.69) is 39.8 Å². The van der Waals surface area contributed by atoms with E-state index in [1.54, 1.807) is 0 Å². The molecule has 0 aromatic heterocycles. The van der Waals surface area contributed by atoms with Gasteiger partial charge < -0.3 is 20.5 Å². The molecular formula is C22H35N3O2. The highest BCUT2D eigenvalue weighted by Crippen LogP contribution is 2.32. The van der Waals surface area contributed by atoms with Crippen LogP contribution in [-0.4, -0.2) is 61.5 Å². The molecule has 3 unspecified atom stereocenters. The molecule has 0 bridgehead atoms. The molecule has 5 heteroatoms. The number of nitrogens with zero attached hydrogens (tertiary/aromatic N) is 1. The Morgan fingerprint density at radius 3 is 2.85 bits per heavy atom. The number of aliphatic hydroxyl groups is 1. The molecule has 5 nitrogen and oxygen atoms in total. The molecule has 0 spiro atoms. The Hall–Kier alpha value is -1.14. The Kier molecular flexibility index (Phi) is 6.66. The van der Waals surface area contributed by atoms with Crippen LogP contribution in [0, 0.1) is 11.8 Å². The summed E-state index contributed by atoms with van der Waals surface area (Å²) in [6.45, 7) is 6.24. The molecule has 4 rings (SSSR count). The van der Waals surface area contributed by atoms with Crippen LogP contribution in [0.1, 0.15) is 37.7 Å². The van der Waals surface area contributed by atoms with Crippen LogP contribution in [-0.2, 0) is 11.3 Å². The normalized spacial score (nSPS) is 30.5. The zero-order valence-electron chi connectivity index (χ0n) is 16.4. The van der Waals surface area contributed by atoms with Gasteiger partial charge in [0.05, 0.1) is 13.2 Å². The van der Waals surface area contributed by atoms with Gasteiger partial charge in [0.1, 0.15) is 0 Å². The van der Waals surface area contributed by atoms with E-state index in [4.69, 9.17) is 4.74 Å². The number of benzene rings is 1. The summed E-state index contributed by atoms with van der Waals surface area (Å²) in [6, 6.07) is 10.0. The molecule has 3 atom stereocenters. The van der Waals surface area contributed by atoms with Crippen LogP contribution in [0.3, 0.4) is 0 Å². The fourth-order valence-corrected chi connectivity index (χ4v) is 5.07. The lowest BCUT2D eigenvalue weighted by Crippen LogP contribution is -2.49. The predicted molar refractivity (Wildman–Crippen MR) is 109 cm³/mol. The van der Waals surface area contributed by atoms with Gasteiger partial charge in [-0.1, -0.05) is 18.6 Å². The molecule has 2 aliphatic heterocycles. The molecule has 3 N–H and O–H groups in total. The smallest absolute Gasteiger partial charge is 0.0623 e. The van der Waals surface area contributed by atoms with Crippen molar-refractivity contribution in [2.45, 2.75) is 50.7 Å². The standard InChI is InChI=1S/C22H35N3O2/c26-15-17-7-10-25(11-8-17)14-18-3-1-4-19(13-18)24-21-6-2-5-20(21)22-16-27-12-9-23-22/h1,3-4,13,17,20-24,26H,2,5-12,14-16H2. The molecule has 1 aliphatic carbocycles. The first kappa shape index (κ1) is 19.2. The minimum absolute atomic E-state index is 0.344. The average molecular weight is 374 g/mol. The van der Waals surface area contributed by atoms with Crippen LogP contribution in [0.2, 0.25) is 0 Å². The van der Waals surface area contributed by atoms with Crippen LogP contribution in [0.25, 0.3) is 0 Å². The van der Waals surface area contributed by atoms with Gasteiger partial charge in [-0.2, -0.15) is 0 Å². The van der Waals surface area contributed by atoms with Gasteiger partial charge in [-0.15, -0.1) is 0 Å². The fourth-order valence-electron chi connectivity index (χ4n) is 5.07. The number of ether oxygens (including phenoxy) is 1. The van der Waals surface area contributed by atoms with Crippen molar-refractivity contribution in [3.05, 3.63) is 29.8 Å². The Balaban J connectivity index is 1.33. The summed E-state index contributed by atoms with van der Waals surface area (Å²) in [4.78, 5) is 2.52. The van der Waals surface area contributed by atoms with Gasteiger partial charge in [0.15, 0.2) is 0 Å². The highest BCUT2D eigenvalue weighted by molar-refractivity contribution is 5.47. The van der Waals surface area contributed by atoms with E-state index in [0.717, 1.165) is 52.2 Å². The first-order chi connectivity index (χ1) is 13.3. The summed E-state index contributed by atoms with van der Waals surface area (Å²) in [7, 11) is 0. The molecule has 3 fully saturated rings. The maximum Gasteiger partial charge on any atom is 0.0623 e. The van der Waals surface area contributed by atoms with Crippen molar-refractivity contribution in [3.63, 3.8) is 0 Å². The third-order valence-electron chi connectivity index (χ3n) is 6.69. The van der Waals surface area contributed by atoms with Crippen LogP contribution in [0.4, 0.5) is 5.69 Å². The van der Waals surface area contributed by atoms with Crippen molar-refractivity contribution < 1.29 is 9.84 Å². The highest BCUT2D eigenvalue weighted by Gasteiger charge is 2.34. The second-order valence-corrected chi connectivity index (χ2v) is 8.58. The topological polar surface area (TPSA) is 56.8 Å². The Labute approximate surface area is 163 Å². The lowest BCUT2D eigenvalue weighted by atomic mass is 9.93. The number of aliphatic hydroxyl groups excluding tert-OH is 1. The van der Waals surface area contributed by atoms with E-state index in [-0.39, 0.29) is 0 Å². The third kappa shape index (κ3) is 5.02. The SMILES string of the molecule is OCC1CCN(Cc2cccc(NC3CCCC3C3COCCN3)c2)CC1. The molecule has 150 valence electrons. The number of piperidine rings is 1.